The molecule has 0 saturated heterocycles. The number of hydrogen-bond acceptors (Lipinski definition) is 6. The molecule has 0 spiro atoms. The molecule has 0 radical (unpaired) electrons. The Bertz CT molecular complexity index is 1710. The minimum Gasteiger partial charge on any atom is -0.476 e. The van der Waals surface area contributed by atoms with Gasteiger partial charge in [-0.2, -0.15) is 5.10 Å². The minimum atomic E-state index is -0.172. The van der Waals surface area contributed by atoms with Crippen LogP contribution in [0.2, 0.25) is 0 Å². The number of carbonyl (C=O) groups is 1. The number of aromatic nitrogens is 6. The largest absolute Gasteiger partial charge is 0.476 e. The van der Waals surface area contributed by atoms with Crippen molar-refractivity contribution in [3.8, 4) is 22.7 Å². The fourth-order valence-electron chi connectivity index (χ4n) is 4.46. The van der Waals surface area contributed by atoms with Gasteiger partial charge in [-0.3, -0.25) is 23.6 Å². The van der Waals surface area contributed by atoms with Crippen molar-refractivity contribution in [2.24, 2.45) is 14.1 Å². The molecule has 0 fully saturated rings. The molecule has 184 valence electrons. The van der Waals surface area contributed by atoms with Crippen LogP contribution >= 0.6 is 0 Å². The fraction of sp³-hybridized carbons (Fsp3) is 0.269. The maximum Gasteiger partial charge on any atom is 0.333 e. The van der Waals surface area contributed by atoms with E-state index in [9.17, 15) is 9.59 Å². The molecule has 0 bridgehead atoms. The Labute approximate surface area is 207 Å². The van der Waals surface area contributed by atoms with Crippen molar-refractivity contribution >= 4 is 33.5 Å². The highest BCUT2D eigenvalue weighted by atomic mass is 16.5. The van der Waals surface area contributed by atoms with Gasteiger partial charge in [0.2, 0.25) is 11.8 Å². The third-order valence-electron chi connectivity index (χ3n) is 6.39. The predicted molar refractivity (Wildman–Crippen MR) is 139 cm³/mol. The quantitative estimate of drug-likeness (QED) is 0.378. The first kappa shape index (κ1) is 23.3. The third-order valence-corrected chi connectivity index (χ3v) is 6.39. The molecule has 0 unspecified atom stereocenters. The van der Waals surface area contributed by atoms with Gasteiger partial charge >= 0.3 is 5.69 Å². The first-order chi connectivity index (χ1) is 17.2. The maximum absolute atomic E-state index is 13.3. The standard InChI is InChI=1S/C26H27N7O3/c1-7-36-25-21(31(5)16(3)34)11-18(12-28-25)17-8-9-20-19(10-17)24-22(13-27-20)32(6)26(35)33(24)23-14-30(4)29-15(23)2/h8-14H,7H2,1-6H3. The van der Waals surface area contributed by atoms with Crippen molar-refractivity contribution < 1.29 is 9.53 Å². The predicted octanol–water partition coefficient (Wildman–Crippen LogP) is 3.36. The van der Waals surface area contributed by atoms with Crippen molar-refractivity contribution in [2.45, 2.75) is 20.8 Å². The first-order valence-corrected chi connectivity index (χ1v) is 11.6. The molecule has 1 amide bonds. The van der Waals surface area contributed by atoms with Crippen molar-refractivity contribution in [1.82, 2.24) is 28.9 Å². The van der Waals surface area contributed by atoms with Crippen LogP contribution in [0.25, 0.3) is 38.8 Å². The van der Waals surface area contributed by atoms with E-state index in [0.29, 0.717) is 18.2 Å². The summed E-state index contributed by atoms with van der Waals surface area (Å²) >= 11 is 0. The molecule has 0 saturated carbocycles. The number of anilines is 1. The number of aryl methyl sites for hydroxylation is 3. The van der Waals surface area contributed by atoms with E-state index in [2.05, 4.69) is 15.1 Å². The van der Waals surface area contributed by atoms with Gasteiger partial charge in [0, 0.05) is 51.4 Å². The Morgan fingerprint density at radius 1 is 1.11 bits per heavy atom. The number of fused-ring (bicyclic) bond motifs is 3. The van der Waals surface area contributed by atoms with Gasteiger partial charge in [-0.05, 0) is 37.6 Å². The van der Waals surface area contributed by atoms with Crippen LogP contribution < -0.4 is 15.3 Å². The molecule has 5 rings (SSSR count). The highest BCUT2D eigenvalue weighted by Gasteiger charge is 2.20. The van der Waals surface area contributed by atoms with Crippen LogP contribution in [0.15, 0.2) is 47.7 Å². The summed E-state index contributed by atoms with van der Waals surface area (Å²) in [7, 11) is 5.27. The van der Waals surface area contributed by atoms with E-state index >= 15 is 0 Å². The van der Waals surface area contributed by atoms with E-state index in [0.717, 1.165) is 44.4 Å². The van der Waals surface area contributed by atoms with E-state index < -0.39 is 0 Å². The second-order valence-electron chi connectivity index (χ2n) is 8.73. The Balaban J connectivity index is 1.78. The summed E-state index contributed by atoms with van der Waals surface area (Å²) in [5.74, 6) is 0.271. The first-order valence-electron chi connectivity index (χ1n) is 11.6. The maximum atomic E-state index is 13.3. The van der Waals surface area contributed by atoms with Gasteiger partial charge in [0.1, 0.15) is 5.69 Å². The van der Waals surface area contributed by atoms with Crippen LogP contribution in [0.3, 0.4) is 0 Å². The van der Waals surface area contributed by atoms with Gasteiger partial charge in [0.05, 0.1) is 40.7 Å². The monoisotopic (exact) mass is 485 g/mol. The van der Waals surface area contributed by atoms with E-state index in [-0.39, 0.29) is 11.6 Å². The fourth-order valence-corrected chi connectivity index (χ4v) is 4.46. The molecule has 36 heavy (non-hydrogen) atoms. The lowest BCUT2D eigenvalue weighted by atomic mass is 10.0. The molecule has 4 aromatic heterocycles. The van der Waals surface area contributed by atoms with Gasteiger partial charge in [0.15, 0.2) is 0 Å². The summed E-state index contributed by atoms with van der Waals surface area (Å²) in [6.45, 7) is 5.69. The van der Waals surface area contributed by atoms with Gasteiger partial charge in [0.25, 0.3) is 0 Å². The molecule has 1 aromatic carbocycles. The van der Waals surface area contributed by atoms with E-state index in [1.54, 1.807) is 40.3 Å². The molecule has 10 nitrogen and oxygen atoms in total. The van der Waals surface area contributed by atoms with E-state index in [4.69, 9.17) is 4.74 Å². The van der Waals surface area contributed by atoms with Gasteiger partial charge in [-0.25, -0.2) is 9.78 Å². The van der Waals surface area contributed by atoms with E-state index in [1.807, 2.05) is 51.4 Å². The number of ether oxygens (including phenoxy) is 1. The van der Waals surface area contributed by atoms with Gasteiger partial charge in [-0.15, -0.1) is 0 Å². The molecule has 0 atom stereocenters. The number of amides is 1. The molecule has 0 N–H and O–H groups in total. The number of pyridine rings is 2. The van der Waals surface area contributed by atoms with Gasteiger partial charge < -0.3 is 9.64 Å². The summed E-state index contributed by atoms with van der Waals surface area (Å²) in [5, 5.41) is 5.25. The zero-order chi connectivity index (χ0) is 25.7. The third kappa shape index (κ3) is 3.62. The van der Waals surface area contributed by atoms with Crippen LogP contribution in [-0.4, -0.2) is 48.4 Å². The summed E-state index contributed by atoms with van der Waals surface area (Å²) in [6, 6.07) is 7.77. The highest BCUT2D eigenvalue weighted by molar-refractivity contribution is 6.05. The van der Waals surface area contributed by atoms with Crippen molar-refractivity contribution in [3.63, 3.8) is 0 Å². The lowest BCUT2D eigenvalue weighted by molar-refractivity contribution is -0.116. The number of rotatable bonds is 5. The summed E-state index contributed by atoms with van der Waals surface area (Å²) in [6.07, 6.45) is 5.28. The smallest absolute Gasteiger partial charge is 0.333 e. The van der Waals surface area contributed by atoms with Crippen molar-refractivity contribution in [3.05, 3.63) is 59.0 Å². The van der Waals surface area contributed by atoms with Crippen LogP contribution in [0.4, 0.5) is 5.69 Å². The summed E-state index contributed by atoms with van der Waals surface area (Å²) in [5.41, 5.74) is 5.79. The number of carbonyl (C=O) groups excluding carboxylic acids is 1. The van der Waals surface area contributed by atoms with Crippen molar-refractivity contribution in [1.29, 1.82) is 0 Å². The second kappa shape index (κ2) is 8.63. The summed E-state index contributed by atoms with van der Waals surface area (Å²) in [4.78, 5) is 36.0. The van der Waals surface area contributed by atoms with Crippen LogP contribution in [0.1, 0.15) is 19.5 Å². The highest BCUT2D eigenvalue weighted by Crippen LogP contribution is 2.34. The molecule has 10 heteroatoms. The number of imidazole rings is 1. The normalized spacial score (nSPS) is 11.4. The molecule has 0 aliphatic heterocycles. The molecule has 0 aliphatic rings. The van der Waals surface area contributed by atoms with Crippen LogP contribution in [0.5, 0.6) is 5.88 Å². The molecular formula is C26H27N7O3. The summed E-state index contributed by atoms with van der Waals surface area (Å²) < 4.78 is 10.6. The number of nitrogens with zero attached hydrogens (tertiary/aromatic N) is 7. The Morgan fingerprint density at radius 2 is 1.89 bits per heavy atom. The van der Waals surface area contributed by atoms with E-state index in [1.165, 1.54) is 11.8 Å². The average Bonchev–Trinajstić information content (AvgIpc) is 3.32. The Morgan fingerprint density at radius 3 is 2.56 bits per heavy atom. The topological polar surface area (TPSA) is 100 Å². The van der Waals surface area contributed by atoms with Crippen LogP contribution in [0, 0.1) is 6.92 Å². The number of hydrogen-bond donors (Lipinski definition) is 0. The SMILES string of the molecule is CCOc1ncc(-c2ccc3ncc4c(c3c2)n(-c2cn(C)nc2C)c(=O)n4C)cc1N(C)C(C)=O. The zero-order valence-corrected chi connectivity index (χ0v) is 21.1. The van der Waals surface area contributed by atoms with Crippen molar-refractivity contribution in [2.75, 3.05) is 18.6 Å². The minimum absolute atomic E-state index is 0.125. The number of benzene rings is 1. The molecule has 5 aromatic rings. The van der Waals surface area contributed by atoms with Crippen LogP contribution in [-0.2, 0) is 18.9 Å². The lowest BCUT2D eigenvalue weighted by Gasteiger charge is -2.19. The molecular weight excluding hydrogens is 458 g/mol. The average molecular weight is 486 g/mol. The molecule has 4 heterocycles. The van der Waals surface area contributed by atoms with Gasteiger partial charge in [-0.1, -0.05) is 6.07 Å². The Hall–Kier alpha value is -4.47. The second-order valence-corrected chi connectivity index (χ2v) is 8.73. The Kier molecular flexibility index (Phi) is 5.58. The zero-order valence-electron chi connectivity index (χ0n) is 21.1. The molecule has 0 aliphatic carbocycles. The lowest BCUT2D eigenvalue weighted by Crippen LogP contribution is -2.24.